The second-order valence-corrected chi connectivity index (χ2v) is 7.46. The summed E-state index contributed by atoms with van der Waals surface area (Å²) >= 11 is 11.8. The topological polar surface area (TPSA) is 83.1 Å². The van der Waals surface area contributed by atoms with Crippen LogP contribution in [-0.2, 0) is 19.1 Å². The molecule has 0 heterocycles. The number of nitrogens with one attached hydrogen (secondary N) is 1. The number of hydrogen-bond acceptors (Lipinski definition) is 7. The minimum atomic E-state index is -0.525. The lowest BCUT2D eigenvalue weighted by Gasteiger charge is -2.10. The summed E-state index contributed by atoms with van der Waals surface area (Å²) in [5, 5.41) is 3.80. The minimum Gasteiger partial charge on any atom is -0.482 e. The normalized spacial score (nSPS) is 10.0. The highest BCUT2D eigenvalue weighted by molar-refractivity contribution is 6.35. The number of ether oxygens (including phenoxy) is 4. The lowest BCUT2D eigenvalue weighted by Crippen LogP contribution is -2.27. The summed E-state index contributed by atoms with van der Waals surface area (Å²) in [5.74, 6) is 0.0308. The molecule has 0 aromatic heterocycles. The van der Waals surface area contributed by atoms with E-state index in [0.717, 1.165) is 11.1 Å². The van der Waals surface area contributed by atoms with Crippen LogP contribution in [0.1, 0.15) is 25.0 Å². The summed E-state index contributed by atoms with van der Waals surface area (Å²) in [4.78, 5) is 23.4. The molecule has 2 aromatic carbocycles. The van der Waals surface area contributed by atoms with Gasteiger partial charge in [-0.05, 0) is 43.7 Å². The molecule has 0 atom stereocenters. The molecule has 0 amide bonds. The summed E-state index contributed by atoms with van der Waals surface area (Å²) in [7, 11) is 0. The van der Waals surface area contributed by atoms with Crippen LogP contribution in [0, 0.1) is 13.8 Å². The number of benzene rings is 2. The van der Waals surface area contributed by atoms with E-state index in [9.17, 15) is 9.59 Å². The zero-order valence-electron chi connectivity index (χ0n) is 19.4. The molecule has 182 valence electrons. The number of aryl methyl sites for hydroxylation is 2. The molecule has 0 fully saturated rings. The van der Waals surface area contributed by atoms with Gasteiger partial charge in [-0.2, -0.15) is 0 Å². The first-order valence-electron chi connectivity index (χ1n) is 10.6. The van der Waals surface area contributed by atoms with E-state index in [2.05, 4.69) is 5.32 Å². The smallest absolute Gasteiger partial charge is 0.344 e. The van der Waals surface area contributed by atoms with E-state index in [1.54, 1.807) is 12.1 Å². The zero-order chi connectivity index (χ0) is 24.6. The van der Waals surface area contributed by atoms with Gasteiger partial charge in [0.2, 0.25) is 0 Å². The Kier molecular flexibility index (Phi) is 14.0. The average Bonchev–Trinajstić information content (AvgIpc) is 2.78. The molecule has 7 nitrogen and oxygen atoms in total. The molecule has 0 radical (unpaired) electrons. The molecule has 0 aliphatic carbocycles. The van der Waals surface area contributed by atoms with Crippen LogP contribution < -0.4 is 14.8 Å². The van der Waals surface area contributed by atoms with E-state index >= 15 is 0 Å². The highest BCUT2D eigenvalue weighted by Crippen LogP contribution is 2.27. The highest BCUT2D eigenvalue weighted by atomic mass is 35.5. The van der Waals surface area contributed by atoms with Crippen molar-refractivity contribution >= 4 is 35.1 Å². The molecule has 0 aliphatic heterocycles. The van der Waals surface area contributed by atoms with Crippen molar-refractivity contribution in [3.63, 3.8) is 0 Å². The molecule has 0 saturated carbocycles. The predicted octanol–water partition coefficient (Wildman–Crippen LogP) is 4.77. The van der Waals surface area contributed by atoms with Crippen molar-refractivity contribution in [3.05, 3.63) is 57.6 Å². The third-order valence-electron chi connectivity index (χ3n) is 4.00. The van der Waals surface area contributed by atoms with Crippen LogP contribution >= 0.6 is 23.2 Å². The first-order chi connectivity index (χ1) is 15.8. The quantitative estimate of drug-likeness (QED) is 0.332. The summed E-state index contributed by atoms with van der Waals surface area (Å²) in [6.07, 6.45) is 0. The summed E-state index contributed by atoms with van der Waals surface area (Å²) in [5.41, 5.74) is 2.09. The Morgan fingerprint density at radius 1 is 0.818 bits per heavy atom. The molecule has 9 heteroatoms. The number of carbonyl (C=O) groups is 2. The lowest BCUT2D eigenvalue weighted by molar-refractivity contribution is -0.146. The van der Waals surface area contributed by atoms with Gasteiger partial charge in [0.1, 0.15) is 24.7 Å². The van der Waals surface area contributed by atoms with Crippen molar-refractivity contribution in [1.29, 1.82) is 0 Å². The van der Waals surface area contributed by atoms with Crippen LogP contribution in [0.5, 0.6) is 11.5 Å². The van der Waals surface area contributed by atoms with Crippen LogP contribution in [0.3, 0.4) is 0 Å². The molecular formula is C24H31Cl2NO6. The van der Waals surface area contributed by atoms with E-state index in [1.807, 2.05) is 45.9 Å². The SMILES string of the molecule is CC.Cc1ccc(OCC(=O)OCCNCCOC(=O)COc2ccc(Cl)cc2Cl)c(C)c1. The number of hydrogen-bond donors (Lipinski definition) is 1. The van der Waals surface area contributed by atoms with Gasteiger partial charge < -0.3 is 24.3 Å². The van der Waals surface area contributed by atoms with Crippen molar-refractivity contribution in [3.8, 4) is 11.5 Å². The Morgan fingerprint density at radius 3 is 1.91 bits per heavy atom. The molecule has 2 aromatic rings. The molecule has 1 N–H and O–H groups in total. The molecule has 0 bridgehead atoms. The molecule has 0 unspecified atom stereocenters. The fourth-order valence-corrected chi connectivity index (χ4v) is 2.97. The minimum absolute atomic E-state index is 0.153. The van der Waals surface area contributed by atoms with Gasteiger partial charge in [-0.3, -0.25) is 0 Å². The maximum Gasteiger partial charge on any atom is 0.344 e. The van der Waals surface area contributed by atoms with Crippen molar-refractivity contribution in [2.75, 3.05) is 39.5 Å². The summed E-state index contributed by atoms with van der Waals surface area (Å²) in [6, 6.07) is 10.4. The van der Waals surface area contributed by atoms with Crippen LogP contribution in [0.25, 0.3) is 0 Å². The first-order valence-corrected chi connectivity index (χ1v) is 11.4. The average molecular weight is 500 g/mol. The van der Waals surface area contributed by atoms with Gasteiger partial charge in [-0.15, -0.1) is 0 Å². The second-order valence-electron chi connectivity index (χ2n) is 6.61. The van der Waals surface area contributed by atoms with E-state index < -0.39 is 11.9 Å². The maximum absolute atomic E-state index is 11.7. The Labute approximate surface area is 205 Å². The van der Waals surface area contributed by atoms with Gasteiger partial charge >= 0.3 is 11.9 Å². The highest BCUT2D eigenvalue weighted by Gasteiger charge is 2.08. The number of esters is 2. The second kappa shape index (κ2) is 16.2. The monoisotopic (exact) mass is 499 g/mol. The van der Waals surface area contributed by atoms with E-state index in [-0.39, 0.29) is 26.4 Å². The molecule has 0 saturated heterocycles. The van der Waals surface area contributed by atoms with E-state index in [1.165, 1.54) is 6.07 Å². The van der Waals surface area contributed by atoms with E-state index in [4.69, 9.17) is 42.1 Å². The van der Waals surface area contributed by atoms with Gasteiger partial charge in [0.05, 0.1) is 5.02 Å². The van der Waals surface area contributed by atoms with Crippen LogP contribution in [0.2, 0.25) is 10.0 Å². The summed E-state index contributed by atoms with van der Waals surface area (Å²) in [6.45, 7) is 8.65. The Morgan fingerprint density at radius 2 is 1.36 bits per heavy atom. The van der Waals surface area contributed by atoms with Crippen LogP contribution in [0.15, 0.2) is 36.4 Å². The third kappa shape index (κ3) is 11.8. The van der Waals surface area contributed by atoms with Gasteiger partial charge in [0.25, 0.3) is 0 Å². The number of rotatable bonds is 12. The molecule has 0 aliphatic rings. The fourth-order valence-electron chi connectivity index (χ4n) is 2.51. The fraction of sp³-hybridized carbons (Fsp3) is 0.417. The maximum atomic E-state index is 11.7. The van der Waals surface area contributed by atoms with Gasteiger partial charge in [0, 0.05) is 18.1 Å². The van der Waals surface area contributed by atoms with E-state index in [0.29, 0.717) is 34.6 Å². The number of carbonyl (C=O) groups excluding carboxylic acids is 2. The summed E-state index contributed by atoms with van der Waals surface area (Å²) < 4.78 is 20.9. The van der Waals surface area contributed by atoms with Crippen LogP contribution in [0.4, 0.5) is 0 Å². The Balaban J connectivity index is 0.00000265. The van der Waals surface area contributed by atoms with Crippen molar-refractivity contribution in [2.45, 2.75) is 27.7 Å². The Bertz CT molecular complexity index is 820. The van der Waals surface area contributed by atoms with Crippen molar-refractivity contribution in [1.82, 2.24) is 5.32 Å². The molecular weight excluding hydrogens is 469 g/mol. The van der Waals surface area contributed by atoms with Gasteiger partial charge in [0.15, 0.2) is 13.2 Å². The third-order valence-corrected chi connectivity index (χ3v) is 4.53. The van der Waals surface area contributed by atoms with Crippen molar-refractivity contribution < 1.29 is 28.5 Å². The standard InChI is InChI=1S/C22H25Cl2NO6.C2H6/c1-15-3-5-19(16(2)11-15)30-13-21(26)28-9-7-25-8-10-29-22(27)14-31-20-6-4-17(23)12-18(20)24;1-2/h3-6,11-12,25H,7-10,13-14H2,1-2H3;1-2H3. The largest absolute Gasteiger partial charge is 0.482 e. The van der Waals surface area contributed by atoms with Gasteiger partial charge in [-0.25, -0.2) is 9.59 Å². The molecule has 33 heavy (non-hydrogen) atoms. The van der Waals surface area contributed by atoms with Crippen molar-refractivity contribution in [2.24, 2.45) is 0 Å². The molecule has 0 spiro atoms. The first kappa shape index (κ1) is 28.6. The van der Waals surface area contributed by atoms with Crippen LogP contribution in [-0.4, -0.2) is 51.5 Å². The molecule has 2 rings (SSSR count). The lowest BCUT2D eigenvalue weighted by atomic mass is 10.1. The predicted molar refractivity (Wildman–Crippen MR) is 130 cm³/mol. The Hall–Kier alpha value is -2.48. The number of halogens is 2. The zero-order valence-corrected chi connectivity index (χ0v) is 20.9. The van der Waals surface area contributed by atoms with Gasteiger partial charge in [-0.1, -0.05) is 54.7 Å².